The second-order valence-electron chi connectivity index (χ2n) is 15.6. The number of nitrogens with one attached hydrogen (secondary N) is 1. The number of pyridine rings is 1. The number of unbranched alkanes of at least 4 members (excludes halogenated alkanes) is 11. The van der Waals surface area contributed by atoms with Crippen molar-refractivity contribution < 1.29 is 28.8 Å². The molecule has 57 heavy (non-hydrogen) atoms. The number of benzene rings is 1. The number of nitrogens with zero attached hydrogens (tertiary/aromatic N) is 5. The van der Waals surface area contributed by atoms with Crippen LogP contribution in [0.3, 0.4) is 0 Å². The van der Waals surface area contributed by atoms with E-state index in [-0.39, 0.29) is 47.7 Å². The van der Waals surface area contributed by atoms with Gasteiger partial charge in [0.15, 0.2) is 0 Å². The normalized spacial score (nSPS) is 16.0. The molecule has 2 unspecified atom stereocenters. The number of anilines is 2. The van der Waals surface area contributed by atoms with E-state index in [0.717, 1.165) is 56.3 Å². The molecule has 1 N–H and O–H groups in total. The van der Waals surface area contributed by atoms with Crippen LogP contribution < -0.4 is 10.2 Å². The summed E-state index contributed by atoms with van der Waals surface area (Å²) in [7, 11) is 0. The number of ether oxygens (including phenoxy) is 2. The molecule has 0 saturated carbocycles. The number of cyclic esters (lactones) is 1. The number of nitro benzene ring substituents is 1. The molecule has 0 aliphatic carbocycles. The van der Waals surface area contributed by atoms with Crippen LogP contribution in [0, 0.1) is 22.0 Å². The van der Waals surface area contributed by atoms with Gasteiger partial charge in [0.25, 0.3) is 5.69 Å². The molecular formula is C44H62N6O7. The number of non-ortho nitro benzene ring substituents is 1. The van der Waals surface area contributed by atoms with Crippen molar-refractivity contribution in [1.82, 2.24) is 20.3 Å². The van der Waals surface area contributed by atoms with E-state index in [9.17, 15) is 24.5 Å². The van der Waals surface area contributed by atoms with Gasteiger partial charge in [0.1, 0.15) is 18.2 Å². The summed E-state index contributed by atoms with van der Waals surface area (Å²) in [5.74, 6) is -1.04. The Morgan fingerprint density at radius 1 is 0.930 bits per heavy atom. The molecule has 0 radical (unpaired) electrons. The molecule has 4 atom stereocenters. The predicted molar refractivity (Wildman–Crippen MR) is 221 cm³/mol. The lowest BCUT2D eigenvalue weighted by atomic mass is 9.86. The standard InChI is InChI=1S/C44H62N6O7/c1-5-7-9-11-12-13-14-15-16-23-36(30-40-37(41(51)57-40)24-17-10-8-6-2)56-42(52)39(28-32(3)4)48-44(53)49(34-21-18-22-35(29-34)50(54)55)43-46-27-25-38(47-43)33-20-19-26-45-31-33/h18-22,25-27,29,31-32,36-37,39-40H,5-17,23-24,28,30H2,1-4H3,(H,48,53)/t36?,37-,39?,40-/m0/s1. The number of aromatic nitrogens is 3. The molecule has 3 aromatic rings. The third-order valence-corrected chi connectivity index (χ3v) is 10.4. The zero-order valence-corrected chi connectivity index (χ0v) is 34.3. The molecule has 1 aromatic carbocycles. The number of amides is 2. The molecule has 1 fully saturated rings. The van der Waals surface area contributed by atoms with Crippen molar-refractivity contribution in [2.45, 2.75) is 155 Å². The van der Waals surface area contributed by atoms with Crippen LogP contribution in [0.15, 0.2) is 61.1 Å². The highest BCUT2D eigenvalue weighted by molar-refractivity contribution is 6.00. The molecule has 2 aromatic heterocycles. The number of carbonyl (C=O) groups is 3. The number of rotatable bonds is 26. The van der Waals surface area contributed by atoms with Crippen LogP contribution >= 0.6 is 0 Å². The third kappa shape index (κ3) is 14.5. The monoisotopic (exact) mass is 786 g/mol. The van der Waals surface area contributed by atoms with Crippen LogP contribution in [0.1, 0.15) is 137 Å². The van der Waals surface area contributed by atoms with Gasteiger partial charge in [-0.25, -0.2) is 24.5 Å². The first-order valence-corrected chi connectivity index (χ1v) is 21.1. The summed E-state index contributed by atoms with van der Waals surface area (Å²) in [4.78, 5) is 66.5. The molecule has 13 heteroatoms. The molecule has 2 amide bonds. The Labute approximate surface area is 337 Å². The van der Waals surface area contributed by atoms with E-state index in [1.54, 1.807) is 30.6 Å². The van der Waals surface area contributed by atoms with E-state index in [0.29, 0.717) is 24.1 Å². The first kappa shape index (κ1) is 44.8. The number of urea groups is 1. The molecule has 4 rings (SSSR count). The summed E-state index contributed by atoms with van der Waals surface area (Å²) in [5, 5.41) is 14.6. The molecule has 0 spiro atoms. The predicted octanol–water partition coefficient (Wildman–Crippen LogP) is 10.4. The molecular weight excluding hydrogens is 725 g/mol. The van der Waals surface area contributed by atoms with Crippen molar-refractivity contribution in [2.75, 3.05) is 4.90 Å². The van der Waals surface area contributed by atoms with Gasteiger partial charge in [-0.15, -0.1) is 0 Å². The van der Waals surface area contributed by atoms with Gasteiger partial charge in [0.2, 0.25) is 5.95 Å². The summed E-state index contributed by atoms with van der Waals surface area (Å²) < 4.78 is 11.9. The van der Waals surface area contributed by atoms with Crippen LogP contribution in [0.25, 0.3) is 11.3 Å². The highest BCUT2D eigenvalue weighted by Gasteiger charge is 2.43. The Morgan fingerprint density at radius 3 is 2.28 bits per heavy atom. The minimum atomic E-state index is -1.06. The summed E-state index contributed by atoms with van der Waals surface area (Å²) >= 11 is 0. The molecule has 3 heterocycles. The van der Waals surface area contributed by atoms with Crippen LogP contribution in [0.5, 0.6) is 0 Å². The Bertz CT molecular complexity index is 1710. The first-order valence-electron chi connectivity index (χ1n) is 21.1. The van der Waals surface area contributed by atoms with Crippen LogP contribution in [-0.2, 0) is 19.1 Å². The van der Waals surface area contributed by atoms with E-state index in [1.165, 1.54) is 62.9 Å². The Morgan fingerprint density at radius 2 is 1.63 bits per heavy atom. The maximum Gasteiger partial charge on any atom is 0.329 e. The summed E-state index contributed by atoms with van der Waals surface area (Å²) in [6.07, 6.45) is 20.6. The lowest BCUT2D eigenvalue weighted by molar-refractivity contribution is -0.384. The van der Waals surface area contributed by atoms with Gasteiger partial charge < -0.3 is 14.8 Å². The average molecular weight is 787 g/mol. The lowest BCUT2D eigenvalue weighted by Crippen LogP contribution is -2.50. The fraction of sp³-hybridized carbons (Fsp3) is 0.591. The van der Waals surface area contributed by atoms with E-state index in [4.69, 9.17) is 9.47 Å². The Kier molecular flexibility index (Phi) is 18.8. The van der Waals surface area contributed by atoms with E-state index in [1.807, 2.05) is 19.9 Å². The van der Waals surface area contributed by atoms with Crippen LogP contribution in [0.2, 0.25) is 0 Å². The minimum absolute atomic E-state index is 0.00450. The van der Waals surface area contributed by atoms with Crippen LogP contribution in [0.4, 0.5) is 22.1 Å². The smallest absolute Gasteiger partial charge is 0.329 e. The van der Waals surface area contributed by atoms with Gasteiger partial charge >= 0.3 is 18.0 Å². The first-order chi connectivity index (χ1) is 27.6. The van der Waals surface area contributed by atoms with Crippen molar-refractivity contribution in [3.8, 4) is 11.3 Å². The van der Waals surface area contributed by atoms with Crippen molar-refractivity contribution >= 4 is 35.3 Å². The highest BCUT2D eigenvalue weighted by atomic mass is 16.6. The Hall–Kier alpha value is -4.94. The van der Waals surface area contributed by atoms with E-state index >= 15 is 0 Å². The molecule has 1 aliphatic heterocycles. The summed E-state index contributed by atoms with van der Waals surface area (Å²) in [5.41, 5.74) is 1.07. The van der Waals surface area contributed by atoms with E-state index < -0.39 is 29.1 Å². The number of hydrogen-bond donors (Lipinski definition) is 1. The van der Waals surface area contributed by atoms with Gasteiger partial charge in [-0.3, -0.25) is 19.9 Å². The quantitative estimate of drug-likeness (QED) is 0.0358. The molecule has 1 aliphatic rings. The third-order valence-electron chi connectivity index (χ3n) is 10.4. The van der Waals surface area contributed by atoms with Gasteiger partial charge in [-0.05, 0) is 55.9 Å². The summed E-state index contributed by atoms with van der Waals surface area (Å²) in [6.45, 7) is 8.26. The molecule has 1 saturated heterocycles. The highest BCUT2D eigenvalue weighted by Crippen LogP contribution is 2.33. The maximum absolute atomic E-state index is 14.4. The fourth-order valence-electron chi connectivity index (χ4n) is 7.22. The summed E-state index contributed by atoms with van der Waals surface area (Å²) in [6, 6.07) is 9.04. The zero-order chi connectivity index (χ0) is 41.0. The second-order valence-corrected chi connectivity index (χ2v) is 15.6. The van der Waals surface area contributed by atoms with Crippen LogP contribution in [-0.4, -0.2) is 56.1 Å². The van der Waals surface area contributed by atoms with Crippen molar-refractivity contribution in [3.63, 3.8) is 0 Å². The van der Waals surface area contributed by atoms with Gasteiger partial charge in [-0.1, -0.05) is 111 Å². The number of hydrogen-bond acceptors (Lipinski definition) is 10. The fourth-order valence-corrected chi connectivity index (χ4v) is 7.22. The van der Waals surface area contributed by atoms with Gasteiger partial charge in [0, 0.05) is 42.7 Å². The Balaban J connectivity index is 1.54. The average Bonchev–Trinajstić information content (AvgIpc) is 3.20. The van der Waals surface area contributed by atoms with Crippen molar-refractivity contribution in [3.05, 3.63) is 71.2 Å². The van der Waals surface area contributed by atoms with E-state index in [2.05, 4.69) is 34.1 Å². The molecule has 13 nitrogen and oxygen atoms in total. The largest absolute Gasteiger partial charge is 0.461 e. The molecule has 0 bridgehead atoms. The SMILES string of the molecule is CCCCCCCCCCCC(C[C@@H]1OC(=O)[C@H]1CCCCCC)OC(=O)C(CC(C)C)NC(=O)N(c1cccc([N+](=O)[O-])c1)c1nccc(-c2cccnc2)n1. The van der Waals surface area contributed by atoms with Crippen molar-refractivity contribution in [2.24, 2.45) is 11.8 Å². The van der Waals surface area contributed by atoms with Gasteiger partial charge in [-0.2, -0.15) is 0 Å². The zero-order valence-electron chi connectivity index (χ0n) is 34.3. The minimum Gasteiger partial charge on any atom is -0.461 e. The van der Waals surface area contributed by atoms with Crippen molar-refractivity contribution in [1.29, 1.82) is 0 Å². The number of nitro groups is 1. The van der Waals surface area contributed by atoms with Gasteiger partial charge in [0.05, 0.1) is 22.2 Å². The number of esters is 2. The second kappa shape index (κ2) is 24.0. The lowest BCUT2D eigenvalue weighted by Gasteiger charge is -2.37. The number of carbonyl (C=O) groups excluding carboxylic acids is 3. The maximum atomic E-state index is 14.4. The topological polar surface area (TPSA) is 167 Å². The molecule has 310 valence electrons.